The first kappa shape index (κ1) is 22.6. The molecule has 0 aliphatic rings. The van der Waals surface area contributed by atoms with Gasteiger partial charge in [0, 0.05) is 6.54 Å². The molecule has 0 bridgehead atoms. The molecule has 3 N–H and O–H groups in total. The quantitative estimate of drug-likeness (QED) is 0.293. The lowest BCUT2D eigenvalue weighted by molar-refractivity contribution is 0.566. The second-order valence-corrected chi connectivity index (χ2v) is 7.76. The number of nitrogens with two attached hydrogens (primary N) is 1. The van der Waals surface area contributed by atoms with Crippen LogP contribution in [-0.4, -0.2) is 15.0 Å². The van der Waals surface area contributed by atoms with Crippen molar-refractivity contribution in [1.29, 1.82) is 0 Å². The summed E-state index contributed by atoms with van der Waals surface area (Å²) >= 11 is 0. The fraction of sp³-hybridized carbons (Fsp3) is 0.889. The number of hydrogen-bond donors (Lipinski definition) is 2. The molecule has 0 fully saturated rings. The van der Waals surface area contributed by atoms with Crippen LogP contribution in [0.5, 0.6) is 0 Å². The molecule has 0 saturated heterocycles. The maximum atomic E-state index is 10.7. The number of allylic oxidation sites excluding steroid dienone is 2. The zero-order valence-electron chi connectivity index (χ0n) is 15.1. The Labute approximate surface area is 144 Å². The molecule has 0 heterocycles. The molecule has 5 heteroatoms. The standard InChI is InChI=1S/C18H38N2O2S/c1-2-3-4-5-6-7-8-9-10-11-12-13-14-15-16-17-18-20-23(19,21)22/h9-10,20H,2-8,11-18H2,1H3,(H2,19,21,22)/b10-9-. The van der Waals surface area contributed by atoms with Crippen LogP contribution in [-0.2, 0) is 10.2 Å². The Balaban J connectivity index is 3.13. The summed E-state index contributed by atoms with van der Waals surface area (Å²) < 4.78 is 23.6. The van der Waals surface area contributed by atoms with Crippen molar-refractivity contribution in [3.63, 3.8) is 0 Å². The van der Waals surface area contributed by atoms with Gasteiger partial charge in [-0.15, -0.1) is 0 Å². The summed E-state index contributed by atoms with van der Waals surface area (Å²) in [6.45, 7) is 2.72. The Bertz CT molecular complexity index is 367. The predicted molar refractivity (Wildman–Crippen MR) is 101 cm³/mol. The highest BCUT2D eigenvalue weighted by atomic mass is 32.2. The second-order valence-electron chi connectivity index (χ2n) is 6.38. The average Bonchev–Trinajstić information content (AvgIpc) is 2.49. The molecular weight excluding hydrogens is 308 g/mol. The molecule has 0 amide bonds. The maximum absolute atomic E-state index is 10.7. The van der Waals surface area contributed by atoms with E-state index in [1.165, 1.54) is 77.0 Å². The van der Waals surface area contributed by atoms with Crippen molar-refractivity contribution in [3.05, 3.63) is 12.2 Å². The van der Waals surface area contributed by atoms with Crippen molar-refractivity contribution < 1.29 is 8.42 Å². The van der Waals surface area contributed by atoms with Crippen LogP contribution < -0.4 is 9.86 Å². The summed E-state index contributed by atoms with van der Waals surface area (Å²) in [7, 11) is -3.50. The lowest BCUT2D eigenvalue weighted by Crippen LogP contribution is -2.31. The molecular formula is C18H38N2O2S. The van der Waals surface area contributed by atoms with Crippen molar-refractivity contribution in [2.45, 2.75) is 96.8 Å². The minimum absolute atomic E-state index is 0.458. The van der Waals surface area contributed by atoms with Crippen molar-refractivity contribution in [1.82, 2.24) is 4.72 Å². The highest BCUT2D eigenvalue weighted by Gasteiger charge is 1.98. The van der Waals surface area contributed by atoms with Gasteiger partial charge in [0.2, 0.25) is 0 Å². The maximum Gasteiger partial charge on any atom is 0.274 e. The SMILES string of the molecule is CCCCCCCC/C=C\CCCCCCCCNS(N)(=O)=O. The number of rotatable bonds is 17. The third kappa shape index (κ3) is 21.6. The number of hydrogen-bond acceptors (Lipinski definition) is 2. The normalized spacial score (nSPS) is 12.3. The monoisotopic (exact) mass is 346 g/mol. The van der Waals surface area contributed by atoms with E-state index in [9.17, 15) is 8.42 Å². The van der Waals surface area contributed by atoms with E-state index in [1.807, 2.05) is 0 Å². The van der Waals surface area contributed by atoms with Crippen molar-refractivity contribution in [3.8, 4) is 0 Å². The van der Waals surface area contributed by atoms with Crippen LogP contribution in [0.4, 0.5) is 0 Å². The van der Waals surface area contributed by atoms with Gasteiger partial charge in [-0.2, -0.15) is 8.42 Å². The molecule has 0 saturated carbocycles. The summed E-state index contributed by atoms with van der Waals surface area (Å²) in [4.78, 5) is 0. The zero-order valence-corrected chi connectivity index (χ0v) is 15.9. The van der Waals surface area contributed by atoms with E-state index in [2.05, 4.69) is 23.8 Å². The van der Waals surface area contributed by atoms with Gasteiger partial charge in [-0.05, 0) is 32.1 Å². The third-order valence-corrected chi connectivity index (χ3v) is 4.60. The minimum Gasteiger partial charge on any atom is -0.216 e. The molecule has 0 atom stereocenters. The first-order valence-corrected chi connectivity index (χ1v) is 11.0. The Kier molecular flexibility index (Phi) is 16.2. The third-order valence-electron chi connectivity index (χ3n) is 3.99. The van der Waals surface area contributed by atoms with E-state index in [1.54, 1.807) is 0 Å². The van der Waals surface area contributed by atoms with Crippen molar-refractivity contribution in [2.24, 2.45) is 5.14 Å². The molecule has 0 aromatic rings. The Morgan fingerprint density at radius 2 is 1.17 bits per heavy atom. The molecule has 0 radical (unpaired) electrons. The van der Waals surface area contributed by atoms with Crippen LogP contribution in [0.3, 0.4) is 0 Å². The number of nitrogens with one attached hydrogen (secondary N) is 1. The van der Waals surface area contributed by atoms with Gasteiger partial charge in [0.1, 0.15) is 0 Å². The van der Waals surface area contributed by atoms with E-state index in [-0.39, 0.29) is 0 Å². The lowest BCUT2D eigenvalue weighted by Gasteiger charge is -2.02. The van der Waals surface area contributed by atoms with Crippen LogP contribution in [0.15, 0.2) is 12.2 Å². The van der Waals surface area contributed by atoms with Gasteiger partial charge in [0.15, 0.2) is 0 Å². The van der Waals surface area contributed by atoms with Gasteiger partial charge in [0.05, 0.1) is 0 Å². The topological polar surface area (TPSA) is 72.2 Å². The molecule has 4 nitrogen and oxygen atoms in total. The summed E-state index contributed by atoms with van der Waals surface area (Å²) in [6, 6.07) is 0. The van der Waals surface area contributed by atoms with E-state index in [4.69, 9.17) is 5.14 Å². The fourth-order valence-electron chi connectivity index (χ4n) is 2.59. The van der Waals surface area contributed by atoms with Gasteiger partial charge in [-0.25, -0.2) is 9.86 Å². The predicted octanol–water partition coefficient (Wildman–Crippen LogP) is 4.82. The molecule has 0 spiro atoms. The minimum atomic E-state index is -3.50. The van der Waals surface area contributed by atoms with Gasteiger partial charge in [-0.1, -0.05) is 76.9 Å². The Morgan fingerprint density at radius 1 is 0.739 bits per heavy atom. The highest BCUT2D eigenvalue weighted by molar-refractivity contribution is 7.87. The second kappa shape index (κ2) is 16.5. The Morgan fingerprint density at radius 3 is 1.65 bits per heavy atom. The average molecular weight is 347 g/mol. The highest BCUT2D eigenvalue weighted by Crippen LogP contribution is 2.09. The molecule has 138 valence electrons. The first-order chi connectivity index (χ1) is 11.1. The van der Waals surface area contributed by atoms with E-state index in [0.717, 1.165) is 12.8 Å². The van der Waals surface area contributed by atoms with E-state index in [0.29, 0.717) is 6.54 Å². The smallest absolute Gasteiger partial charge is 0.216 e. The van der Waals surface area contributed by atoms with Gasteiger partial charge in [-0.3, -0.25) is 0 Å². The summed E-state index contributed by atoms with van der Waals surface area (Å²) in [5.41, 5.74) is 0. The lowest BCUT2D eigenvalue weighted by atomic mass is 10.1. The first-order valence-electron chi connectivity index (χ1n) is 9.48. The zero-order chi connectivity index (χ0) is 17.2. The molecule has 0 unspecified atom stereocenters. The fourth-order valence-corrected chi connectivity index (χ4v) is 3.02. The Hall–Kier alpha value is -0.390. The van der Waals surface area contributed by atoms with E-state index >= 15 is 0 Å². The van der Waals surface area contributed by atoms with Crippen LogP contribution in [0.1, 0.15) is 96.8 Å². The van der Waals surface area contributed by atoms with Gasteiger partial charge in [0.25, 0.3) is 10.2 Å². The largest absolute Gasteiger partial charge is 0.274 e. The van der Waals surface area contributed by atoms with Crippen LogP contribution in [0.25, 0.3) is 0 Å². The van der Waals surface area contributed by atoms with Crippen molar-refractivity contribution in [2.75, 3.05) is 6.54 Å². The summed E-state index contributed by atoms with van der Waals surface area (Å²) in [6.07, 6.45) is 22.2. The summed E-state index contributed by atoms with van der Waals surface area (Å²) in [5, 5.41) is 4.86. The molecule has 23 heavy (non-hydrogen) atoms. The molecule has 0 aromatic carbocycles. The van der Waals surface area contributed by atoms with Gasteiger partial charge < -0.3 is 0 Å². The molecule has 0 aromatic heterocycles. The van der Waals surface area contributed by atoms with Crippen LogP contribution >= 0.6 is 0 Å². The van der Waals surface area contributed by atoms with Crippen molar-refractivity contribution >= 4 is 10.2 Å². The van der Waals surface area contributed by atoms with Crippen LogP contribution in [0.2, 0.25) is 0 Å². The molecule has 0 aliphatic heterocycles. The van der Waals surface area contributed by atoms with Crippen LogP contribution in [0, 0.1) is 0 Å². The summed E-state index contributed by atoms with van der Waals surface area (Å²) in [5.74, 6) is 0. The molecule has 0 aliphatic carbocycles. The number of unbranched alkanes of at least 4 members (excludes halogenated alkanes) is 12. The van der Waals surface area contributed by atoms with E-state index < -0.39 is 10.2 Å². The molecule has 0 rings (SSSR count). The van der Waals surface area contributed by atoms with Gasteiger partial charge >= 0.3 is 0 Å².